The molecule has 2 rings (SSSR count). The molecule has 0 radical (unpaired) electrons. The molecule has 0 fully saturated rings. The van der Waals surface area contributed by atoms with Crippen LogP contribution < -0.4 is 10.1 Å². The number of esters is 1. The van der Waals surface area contributed by atoms with Crippen molar-refractivity contribution in [3.05, 3.63) is 65.7 Å². The molecule has 0 heterocycles. The van der Waals surface area contributed by atoms with E-state index in [0.29, 0.717) is 24.5 Å². The van der Waals surface area contributed by atoms with E-state index in [4.69, 9.17) is 9.47 Å². The van der Waals surface area contributed by atoms with Gasteiger partial charge in [0.2, 0.25) is 5.91 Å². The lowest BCUT2D eigenvalue weighted by Gasteiger charge is -2.08. The molecule has 1 N–H and O–H groups in total. The summed E-state index contributed by atoms with van der Waals surface area (Å²) in [7, 11) is 0. The highest BCUT2D eigenvalue weighted by molar-refractivity contribution is 6.02. The maximum atomic E-state index is 12.1. The number of rotatable bonds is 10. The molecule has 0 unspecified atom stereocenters. The number of carbonyl (C=O) groups excluding carboxylic acids is 2. The van der Waals surface area contributed by atoms with Gasteiger partial charge in [-0.15, -0.1) is 0 Å². The lowest BCUT2D eigenvalue weighted by atomic mass is 10.2. The molecule has 154 valence electrons. The Morgan fingerprint density at radius 2 is 1.72 bits per heavy atom. The van der Waals surface area contributed by atoms with Crippen molar-refractivity contribution in [3.8, 4) is 5.75 Å². The van der Waals surface area contributed by atoms with Gasteiger partial charge in [0.25, 0.3) is 0 Å². The Morgan fingerprint density at radius 1 is 1.03 bits per heavy atom. The third-order valence-corrected chi connectivity index (χ3v) is 4.01. The van der Waals surface area contributed by atoms with E-state index in [-0.39, 0.29) is 17.8 Å². The highest BCUT2D eigenvalue weighted by Crippen LogP contribution is 2.14. The second-order valence-electron chi connectivity index (χ2n) is 7.16. The Kier molecular flexibility index (Phi) is 8.96. The van der Waals surface area contributed by atoms with Crippen LogP contribution in [0.3, 0.4) is 0 Å². The summed E-state index contributed by atoms with van der Waals surface area (Å²) in [6.07, 6.45) is 5.34. The van der Waals surface area contributed by atoms with Gasteiger partial charge in [0, 0.05) is 11.8 Å². The Labute approximate surface area is 172 Å². The molecular formula is C24H29NO4. The first kappa shape index (κ1) is 22.2. The van der Waals surface area contributed by atoms with Crippen molar-refractivity contribution in [2.24, 2.45) is 5.92 Å². The van der Waals surface area contributed by atoms with Gasteiger partial charge in [-0.1, -0.05) is 39.3 Å². The molecule has 5 nitrogen and oxygen atoms in total. The molecule has 0 atom stereocenters. The van der Waals surface area contributed by atoms with Crippen LogP contribution in [0.5, 0.6) is 5.75 Å². The molecule has 0 aromatic heterocycles. The summed E-state index contributed by atoms with van der Waals surface area (Å²) >= 11 is 0. The van der Waals surface area contributed by atoms with Crippen molar-refractivity contribution in [3.63, 3.8) is 0 Å². The quantitative estimate of drug-likeness (QED) is 0.335. The fraction of sp³-hybridized carbons (Fsp3) is 0.333. The maximum absolute atomic E-state index is 12.1. The molecule has 29 heavy (non-hydrogen) atoms. The van der Waals surface area contributed by atoms with Crippen LogP contribution in [0.4, 0.5) is 5.69 Å². The standard InChI is InChI=1S/C24H29NO4/c1-4-5-16-28-22-13-6-19(7-14-22)8-15-23(26)25-21-11-9-20(10-12-21)24(27)29-17-18(2)3/h6-15,18H,4-5,16-17H2,1-3H3,(H,25,26)/b15-8+. The van der Waals surface area contributed by atoms with Crippen molar-refractivity contribution in [1.29, 1.82) is 0 Å². The molecule has 0 aliphatic heterocycles. The van der Waals surface area contributed by atoms with Crippen molar-refractivity contribution >= 4 is 23.6 Å². The van der Waals surface area contributed by atoms with E-state index in [1.165, 1.54) is 6.08 Å². The zero-order valence-electron chi connectivity index (χ0n) is 17.3. The number of benzene rings is 2. The molecule has 0 saturated heterocycles. The van der Waals surface area contributed by atoms with Crippen LogP contribution in [0.25, 0.3) is 6.08 Å². The van der Waals surface area contributed by atoms with Crippen molar-refractivity contribution in [2.75, 3.05) is 18.5 Å². The van der Waals surface area contributed by atoms with E-state index in [0.717, 1.165) is 24.2 Å². The number of ether oxygens (including phenoxy) is 2. The average molecular weight is 395 g/mol. The van der Waals surface area contributed by atoms with Gasteiger partial charge in [0.05, 0.1) is 18.8 Å². The van der Waals surface area contributed by atoms with Crippen molar-refractivity contribution < 1.29 is 19.1 Å². The van der Waals surface area contributed by atoms with E-state index in [2.05, 4.69) is 12.2 Å². The summed E-state index contributed by atoms with van der Waals surface area (Å²) in [6, 6.07) is 14.2. The summed E-state index contributed by atoms with van der Waals surface area (Å²) in [4.78, 5) is 24.0. The van der Waals surface area contributed by atoms with Gasteiger partial charge in [0.1, 0.15) is 5.75 Å². The third-order valence-electron chi connectivity index (χ3n) is 4.01. The smallest absolute Gasteiger partial charge is 0.338 e. The topological polar surface area (TPSA) is 64.6 Å². The molecule has 0 bridgehead atoms. The fourth-order valence-corrected chi connectivity index (χ4v) is 2.38. The first-order valence-corrected chi connectivity index (χ1v) is 9.97. The van der Waals surface area contributed by atoms with E-state index < -0.39 is 0 Å². The Balaban J connectivity index is 1.84. The Morgan fingerprint density at radius 3 is 2.34 bits per heavy atom. The van der Waals surface area contributed by atoms with Gasteiger partial charge >= 0.3 is 5.97 Å². The molecule has 2 aromatic carbocycles. The van der Waals surface area contributed by atoms with Crippen LogP contribution in [0.15, 0.2) is 54.6 Å². The summed E-state index contributed by atoms with van der Waals surface area (Å²) in [5, 5.41) is 2.77. The minimum absolute atomic E-state index is 0.247. The van der Waals surface area contributed by atoms with Crippen LogP contribution in [0.2, 0.25) is 0 Å². The normalized spacial score (nSPS) is 10.9. The summed E-state index contributed by atoms with van der Waals surface area (Å²) in [5.41, 5.74) is 1.98. The van der Waals surface area contributed by atoms with Gasteiger partial charge in [-0.3, -0.25) is 4.79 Å². The molecule has 2 aromatic rings. The second-order valence-corrected chi connectivity index (χ2v) is 7.16. The molecule has 0 aliphatic carbocycles. The van der Waals surface area contributed by atoms with E-state index in [9.17, 15) is 9.59 Å². The number of hydrogen-bond donors (Lipinski definition) is 1. The maximum Gasteiger partial charge on any atom is 0.338 e. The largest absolute Gasteiger partial charge is 0.494 e. The third kappa shape index (κ3) is 8.21. The number of carbonyl (C=O) groups is 2. The Hall–Kier alpha value is -3.08. The molecular weight excluding hydrogens is 366 g/mol. The lowest BCUT2D eigenvalue weighted by Crippen LogP contribution is -2.11. The first-order valence-electron chi connectivity index (χ1n) is 9.97. The van der Waals surface area contributed by atoms with Gasteiger partial charge in [-0.2, -0.15) is 0 Å². The summed E-state index contributed by atoms with van der Waals surface area (Å²) in [5.74, 6) is 0.503. The van der Waals surface area contributed by atoms with Crippen molar-refractivity contribution in [1.82, 2.24) is 0 Å². The highest BCUT2D eigenvalue weighted by Gasteiger charge is 2.08. The van der Waals surface area contributed by atoms with Crippen LogP contribution in [0.1, 0.15) is 49.5 Å². The summed E-state index contributed by atoms with van der Waals surface area (Å²) < 4.78 is 10.8. The average Bonchev–Trinajstić information content (AvgIpc) is 2.72. The minimum Gasteiger partial charge on any atom is -0.494 e. The minimum atomic E-state index is -0.362. The zero-order valence-corrected chi connectivity index (χ0v) is 17.3. The lowest BCUT2D eigenvalue weighted by molar-refractivity contribution is -0.111. The van der Waals surface area contributed by atoms with Crippen LogP contribution in [0, 0.1) is 5.92 Å². The zero-order chi connectivity index (χ0) is 21.1. The molecule has 0 aliphatic rings. The highest BCUT2D eigenvalue weighted by atomic mass is 16.5. The van der Waals surface area contributed by atoms with Gasteiger partial charge in [-0.25, -0.2) is 4.79 Å². The van der Waals surface area contributed by atoms with Crippen LogP contribution in [-0.2, 0) is 9.53 Å². The molecule has 1 amide bonds. The van der Waals surface area contributed by atoms with Crippen molar-refractivity contribution in [2.45, 2.75) is 33.6 Å². The van der Waals surface area contributed by atoms with E-state index >= 15 is 0 Å². The predicted octanol–water partition coefficient (Wildman–Crippen LogP) is 5.33. The van der Waals surface area contributed by atoms with Gasteiger partial charge in [-0.05, 0) is 60.4 Å². The number of anilines is 1. The molecule has 0 spiro atoms. The van der Waals surface area contributed by atoms with E-state index in [1.54, 1.807) is 30.3 Å². The summed E-state index contributed by atoms with van der Waals surface area (Å²) in [6.45, 7) is 7.18. The first-order chi connectivity index (χ1) is 14.0. The van der Waals surface area contributed by atoms with E-state index in [1.807, 2.05) is 38.1 Å². The molecule has 5 heteroatoms. The fourth-order valence-electron chi connectivity index (χ4n) is 2.38. The van der Waals surface area contributed by atoms with Gasteiger partial charge < -0.3 is 14.8 Å². The number of amides is 1. The van der Waals surface area contributed by atoms with Gasteiger partial charge in [0.15, 0.2) is 0 Å². The van der Waals surface area contributed by atoms with Crippen LogP contribution in [-0.4, -0.2) is 25.1 Å². The Bertz CT molecular complexity index is 808. The van der Waals surface area contributed by atoms with Crippen LogP contribution >= 0.6 is 0 Å². The monoisotopic (exact) mass is 395 g/mol. The number of hydrogen-bond acceptors (Lipinski definition) is 4. The number of nitrogens with one attached hydrogen (secondary N) is 1. The SMILES string of the molecule is CCCCOc1ccc(/C=C/C(=O)Nc2ccc(C(=O)OCC(C)C)cc2)cc1. The number of unbranched alkanes of at least 4 members (excludes halogenated alkanes) is 1. The predicted molar refractivity (Wildman–Crippen MR) is 116 cm³/mol. The second kappa shape index (κ2) is 11.7. The molecule has 0 saturated carbocycles.